The quantitative estimate of drug-likeness (QED) is 0.432. The third kappa shape index (κ3) is 3.03. The first kappa shape index (κ1) is 16.5. The molecule has 0 aromatic heterocycles. The molecule has 2 heterocycles. The zero-order valence-electron chi connectivity index (χ0n) is 14.8. The van der Waals surface area contributed by atoms with Crippen molar-refractivity contribution in [1.29, 1.82) is 0 Å². The molecule has 0 nitrogen and oxygen atoms in total. The second kappa shape index (κ2) is 4.34. The fourth-order valence-corrected chi connectivity index (χ4v) is 73.3. The summed E-state index contributed by atoms with van der Waals surface area (Å²) in [5.74, 6) is 3.44. The van der Waals surface area contributed by atoms with Crippen LogP contribution in [0.5, 0.6) is 0 Å². The van der Waals surface area contributed by atoms with Gasteiger partial charge in [-0.1, -0.05) is 68.3 Å². The van der Waals surface area contributed by atoms with E-state index in [1.54, 1.807) is 22.9 Å². The van der Waals surface area contributed by atoms with Crippen LogP contribution in [0.15, 0.2) is 0 Å². The summed E-state index contributed by atoms with van der Waals surface area (Å²) < 4.78 is 2.33. The van der Waals surface area contributed by atoms with E-state index in [1.807, 2.05) is 0 Å². The molecule has 0 unspecified atom stereocenters. The maximum atomic E-state index is 2.81. The average molecular weight is 347 g/mol. The lowest BCUT2D eigenvalue weighted by atomic mass is 11.6. The fraction of sp³-hybridized carbons (Fsp3) is 0.929. The standard InChI is InChI=1S/C14H35PSi4/c1-15-10-16(2,3)12-18(6,7)14(15)19(8,9)13-17(4,5)11-15/h10-13H2,1-9H3. The topological polar surface area (TPSA) is 0 Å². The van der Waals surface area contributed by atoms with Gasteiger partial charge in [0.1, 0.15) is 0 Å². The minimum atomic E-state index is -1.05. The van der Waals surface area contributed by atoms with E-state index in [0.717, 1.165) is 0 Å². The van der Waals surface area contributed by atoms with E-state index in [-0.39, 0.29) is 0 Å². The van der Waals surface area contributed by atoms with Crippen molar-refractivity contribution >= 4 is 43.7 Å². The third-order valence-electron chi connectivity index (χ3n) is 5.22. The molecular weight excluding hydrogens is 311 g/mol. The van der Waals surface area contributed by atoms with Gasteiger partial charge in [-0.2, -0.15) is 0 Å². The summed E-state index contributed by atoms with van der Waals surface area (Å²) in [7, 11) is -3.89. The molecule has 0 aromatic rings. The van der Waals surface area contributed by atoms with Crippen molar-refractivity contribution in [2.24, 2.45) is 0 Å². The molecule has 0 radical (unpaired) electrons. The van der Waals surface area contributed by atoms with Crippen LogP contribution in [0.25, 0.3) is 0 Å². The summed E-state index contributed by atoms with van der Waals surface area (Å²) >= 11 is 0. The maximum Gasteiger partial charge on any atom is 0.0688 e. The Hall–Kier alpha value is 1.17. The van der Waals surface area contributed by atoms with Crippen LogP contribution in [0.3, 0.4) is 0 Å². The van der Waals surface area contributed by atoms with E-state index in [0.29, 0.717) is 0 Å². The lowest BCUT2D eigenvalue weighted by Crippen LogP contribution is -2.66. The predicted molar refractivity (Wildman–Crippen MR) is 107 cm³/mol. The van der Waals surface area contributed by atoms with Crippen LogP contribution < -0.4 is 0 Å². The molecule has 2 aliphatic rings. The first-order chi connectivity index (χ1) is 8.19. The molecule has 0 atom stereocenters. The van der Waals surface area contributed by atoms with Crippen molar-refractivity contribution < 1.29 is 0 Å². The molecule has 0 spiro atoms. The lowest BCUT2D eigenvalue weighted by Gasteiger charge is -2.57. The third-order valence-corrected chi connectivity index (χ3v) is 47.0. The molecule has 0 fully saturated rings. The van der Waals surface area contributed by atoms with Crippen LogP contribution in [-0.2, 0) is 0 Å². The van der Waals surface area contributed by atoms with Gasteiger partial charge < -0.3 is 0 Å². The maximum absolute atomic E-state index is 2.81. The van der Waals surface area contributed by atoms with Crippen molar-refractivity contribution in [2.75, 3.05) is 18.2 Å². The fourth-order valence-electron chi connectivity index (χ4n) is 7.15. The second-order valence-corrected chi connectivity index (χ2v) is 37.6. The highest BCUT2D eigenvalue weighted by atomic mass is 31.2. The molecule has 5 heteroatoms. The summed E-state index contributed by atoms with van der Waals surface area (Å²) in [6.07, 6.45) is 0. The Labute approximate surface area is 125 Å². The molecule has 0 saturated carbocycles. The van der Waals surface area contributed by atoms with Crippen molar-refractivity contribution in [1.82, 2.24) is 0 Å². The van der Waals surface area contributed by atoms with Crippen LogP contribution in [0.2, 0.25) is 63.7 Å². The van der Waals surface area contributed by atoms with Gasteiger partial charge in [0, 0.05) is 16.1 Å². The molecule has 0 aliphatic carbocycles. The highest BCUT2D eigenvalue weighted by Crippen LogP contribution is 2.60. The Morgan fingerprint density at radius 3 is 1.32 bits per heavy atom. The van der Waals surface area contributed by atoms with Gasteiger partial charge in [-0.3, -0.25) is 0 Å². The molecule has 0 aromatic carbocycles. The van der Waals surface area contributed by atoms with E-state index in [2.05, 4.69) is 63.6 Å². The Morgan fingerprint density at radius 1 is 0.684 bits per heavy atom. The van der Waals surface area contributed by atoms with Gasteiger partial charge in [-0.25, -0.2) is 0 Å². The molecular formula is C14H35PSi4. The van der Waals surface area contributed by atoms with Crippen molar-refractivity contribution in [3.63, 3.8) is 0 Å². The van der Waals surface area contributed by atoms with Gasteiger partial charge in [0.05, 0.1) is 16.1 Å². The van der Waals surface area contributed by atoms with Gasteiger partial charge in [0.15, 0.2) is 0 Å². The van der Waals surface area contributed by atoms with Crippen molar-refractivity contribution in [2.45, 2.75) is 63.7 Å². The summed E-state index contributed by atoms with van der Waals surface area (Å²) in [5, 5.41) is 0. The Bertz CT molecular complexity index is 422. The summed E-state index contributed by atoms with van der Waals surface area (Å²) in [5.41, 5.74) is 3.40. The molecule has 0 N–H and O–H groups in total. The van der Waals surface area contributed by atoms with E-state index in [1.165, 1.54) is 0 Å². The molecule has 112 valence electrons. The Balaban J connectivity index is 2.70. The van der Waals surface area contributed by atoms with E-state index in [9.17, 15) is 0 Å². The molecule has 0 saturated heterocycles. The van der Waals surface area contributed by atoms with Crippen molar-refractivity contribution in [3.05, 3.63) is 0 Å². The van der Waals surface area contributed by atoms with Gasteiger partial charge in [-0.05, 0) is 18.2 Å². The first-order valence-electron chi connectivity index (χ1n) is 7.92. The highest BCUT2D eigenvalue weighted by Gasteiger charge is 2.54. The number of hydrogen-bond donors (Lipinski definition) is 0. The second-order valence-electron chi connectivity index (χ2n) is 10.5. The SMILES string of the molecule is C[Si]1(C)C[Si](C)(C)C2=P(C)(C1)C[Si](C)(C)C[Si]2(C)C. The van der Waals surface area contributed by atoms with Gasteiger partial charge >= 0.3 is 0 Å². The Morgan fingerprint density at radius 2 is 1.00 bits per heavy atom. The van der Waals surface area contributed by atoms with Crippen LogP contribution in [0.1, 0.15) is 0 Å². The van der Waals surface area contributed by atoms with Gasteiger partial charge in [0.25, 0.3) is 0 Å². The monoisotopic (exact) mass is 346 g/mol. The van der Waals surface area contributed by atoms with Crippen LogP contribution in [-0.4, -0.2) is 55.1 Å². The summed E-state index contributed by atoms with van der Waals surface area (Å²) in [4.78, 5) is 0. The molecule has 2 aliphatic heterocycles. The normalized spacial score (nSPS) is 33.6. The Kier molecular flexibility index (Phi) is 3.78. The molecule has 0 amide bonds. The lowest BCUT2D eigenvalue weighted by molar-refractivity contribution is 1.47. The predicted octanol–water partition coefficient (Wildman–Crippen LogP) is 4.90. The van der Waals surface area contributed by atoms with Crippen LogP contribution in [0, 0.1) is 0 Å². The summed E-state index contributed by atoms with van der Waals surface area (Å²) in [6.45, 7) is 24.0. The zero-order chi connectivity index (χ0) is 14.9. The molecule has 19 heavy (non-hydrogen) atoms. The van der Waals surface area contributed by atoms with E-state index >= 15 is 0 Å². The number of rotatable bonds is 0. The molecule has 2 rings (SSSR count). The molecule has 0 bridgehead atoms. The highest BCUT2D eigenvalue weighted by molar-refractivity contribution is 7.91. The van der Waals surface area contributed by atoms with Crippen LogP contribution >= 0.6 is 6.89 Å². The van der Waals surface area contributed by atoms with E-state index < -0.39 is 39.2 Å². The minimum Gasteiger partial charge on any atom is -0.121 e. The average Bonchev–Trinajstić information content (AvgIpc) is 1.85. The smallest absolute Gasteiger partial charge is 0.0688 e. The zero-order valence-corrected chi connectivity index (χ0v) is 19.7. The van der Waals surface area contributed by atoms with Gasteiger partial charge in [-0.15, -0.1) is 6.89 Å². The minimum absolute atomic E-state index is 0.690. The first-order valence-corrected chi connectivity index (χ1v) is 23.8. The van der Waals surface area contributed by atoms with Crippen LogP contribution in [0.4, 0.5) is 0 Å². The van der Waals surface area contributed by atoms with Crippen molar-refractivity contribution in [3.8, 4) is 0 Å². The number of hydrogen-bond acceptors (Lipinski definition) is 0. The largest absolute Gasteiger partial charge is 0.121 e. The summed E-state index contributed by atoms with van der Waals surface area (Å²) in [6, 6.07) is 0. The van der Waals surface area contributed by atoms with Gasteiger partial charge in [0.2, 0.25) is 0 Å². The van der Waals surface area contributed by atoms with E-state index in [4.69, 9.17) is 0 Å².